The van der Waals surface area contributed by atoms with Gasteiger partial charge in [0.1, 0.15) is 0 Å². The van der Waals surface area contributed by atoms with Crippen LogP contribution in [0, 0.1) is 0 Å². The normalized spacial score (nSPS) is 19.5. The molecule has 3 aromatic rings. The summed E-state index contributed by atoms with van der Waals surface area (Å²) >= 11 is 0. The summed E-state index contributed by atoms with van der Waals surface area (Å²) in [5.74, 6) is 0.863. The van der Waals surface area contributed by atoms with Gasteiger partial charge in [-0.2, -0.15) is 0 Å². The van der Waals surface area contributed by atoms with Crippen LogP contribution in [0.3, 0.4) is 0 Å². The molecule has 166 valence electrons. The molecule has 4 rings (SSSR count). The summed E-state index contributed by atoms with van der Waals surface area (Å²) in [7, 11) is 1.84. The predicted molar refractivity (Wildman–Crippen MR) is 132 cm³/mol. The van der Waals surface area contributed by atoms with E-state index in [1.165, 1.54) is 11.1 Å². The lowest BCUT2D eigenvalue weighted by molar-refractivity contribution is 0.134. The lowest BCUT2D eigenvalue weighted by Gasteiger charge is -2.38. The minimum Gasteiger partial charge on any atom is -0.354 e. The highest BCUT2D eigenvalue weighted by Crippen LogP contribution is 2.20. The van der Waals surface area contributed by atoms with Gasteiger partial charge in [0.05, 0.1) is 5.69 Å². The van der Waals surface area contributed by atoms with E-state index in [1.54, 1.807) is 0 Å². The summed E-state index contributed by atoms with van der Waals surface area (Å²) in [4.78, 5) is 11.5. The van der Waals surface area contributed by atoms with Crippen LogP contribution in [0.1, 0.15) is 30.9 Å². The molecule has 2 heterocycles. The molecule has 1 aromatic heterocycles. The molecule has 5 nitrogen and oxygen atoms in total. The quantitative estimate of drug-likeness (QED) is 0.450. The van der Waals surface area contributed by atoms with E-state index in [-0.39, 0.29) is 0 Å². The number of nitrogens with zero attached hydrogens (tertiary/aromatic N) is 3. The number of guanidine groups is 1. The Hall–Kier alpha value is -3.18. The van der Waals surface area contributed by atoms with Gasteiger partial charge in [-0.15, -0.1) is 0 Å². The first-order valence-electron chi connectivity index (χ1n) is 11.5. The highest BCUT2D eigenvalue weighted by atomic mass is 15.2. The number of likely N-dealkylation sites (tertiary alicyclic amines) is 1. The van der Waals surface area contributed by atoms with E-state index in [9.17, 15) is 0 Å². The molecule has 1 aliphatic heterocycles. The second-order valence-electron chi connectivity index (χ2n) is 8.51. The molecule has 32 heavy (non-hydrogen) atoms. The van der Waals surface area contributed by atoms with Crippen LogP contribution in [0.25, 0.3) is 11.3 Å². The Morgan fingerprint density at radius 1 is 1.03 bits per heavy atom. The molecule has 2 N–H and O–H groups in total. The summed E-state index contributed by atoms with van der Waals surface area (Å²) in [6.07, 6.45) is 4.06. The maximum Gasteiger partial charge on any atom is 0.191 e. The third-order valence-electron chi connectivity index (χ3n) is 6.15. The molecule has 2 unspecified atom stereocenters. The monoisotopic (exact) mass is 427 g/mol. The number of hydrogen-bond donors (Lipinski definition) is 2. The van der Waals surface area contributed by atoms with Crippen molar-refractivity contribution in [2.45, 2.75) is 44.9 Å². The molecular weight excluding hydrogens is 394 g/mol. The van der Waals surface area contributed by atoms with Gasteiger partial charge in [0.2, 0.25) is 0 Å². The van der Waals surface area contributed by atoms with Crippen molar-refractivity contribution in [1.82, 2.24) is 20.5 Å². The largest absolute Gasteiger partial charge is 0.354 e. The fraction of sp³-hybridized carbons (Fsp3) is 0.333. The number of aromatic nitrogens is 1. The summed E-state index contributed by atoms with van der Waals surface area (Å²) in [5.41, 5.74) is 4.72. The van der Waals surface area contributed by atoms with Gasteiger partial charge in [0.15, 0.2) is 5.96 Å². The molecule has 0 amide bonds. The first-order valence-corrected chi connectivity index (χ1v) is 11.5. The zero-order chi connectivity index (χ0) is 22.2. The zero-order valence-electron chi connectivity index (χ0n) is 19.0. The molecule has 2 aromatic carbocycles. The SMILES string of the molecule is CN=C(NCc1cccc(-c2ccccn2)c1)NC1CCN(Cc2ccccc2)C(C)C1. The summed E-state index contributed by atoms with van der Waals surface area (Å²) in [5, 5.41) is 7.12. The second kappa shape index (κ2) is 10.9. The molecule has 1 aliphatic rings. The van der Waals surface area contributed by atoms with Crippen molar-refractivity contribution >= 4 is 5.96 Å². The van der Waals surface area contributed by atoms with Gasteiger partial charge >= 0.3 is 0 Å². The van der Waals surface area contributed by atoms with E-state index in [0.717, 1.165) is 49.7 Å². The Morgan fingerprint density at radius 3 is 2.59 bits per heavy atom. The van der Waals surface area contributed by atoms with Gasteiger partial charge in [-0.05, 0) is 49.1 Å². The van der Waals surface area contributed by atoms with Gasteiger partial charge in [-0.25, -0.2) is 0 Å². The average molecular weight is 428 g/mol. The summed E-state index contributed by atoms with van der Waals surface area (Å²) in [6, 6.07) is 26.2. The molecular formula is C27H33N5. The van der Waals surface area contributed by atoms with E-state index in [4.69, 9.17) is 0 Å². The van der Waals surface area contributed by atoms with Crippen LogP contribution in [0.4, 0.5) is 0 Å². The van der Waals surface area contributed by atoms with E-state index >= 15 is 0 Å². The van der Waals surface area contributed by atoms with Crippen molar-refractivity contribution in [1.29, 1.82) is 0 Å². The van der Waals surface area contributed by atoms with Crippen LogP contribution in [0.5, 0.6) is 0 Å². The second-order valence-corrected chi connectivity index (χ2v) is 8.51. The van der Waals surface area contributed by atoms with E-state index in [2.05, 4.69) is 87.0 Å². The minimum absolute atomic E-state index is 0.433. The Labute approximate surface area is 191 Å². The van der Waals surface area contributed by atoms with Gasteiger partial charge in [0, 0.05) is 50.5 Å². The zero-order valence-corrected chi connectivity index (χ0v) is 19.0. The topological polar surface area (TPSA) is 52.6 Å². The average Bonchev–Trinajstić information content (AvgIpc) is 2.85. The van der Waals surface area contributed by atoms with Crippen molar-refractivity contribution in [2.75, 3.05) is 13.6 Å². The molecule has 1 saturated heterocycles. The van der Waals surface area contributed by atoms with E-state index < -0.39 is 0 Å². The maximum absolute atomic E-state index is 4.46. The maximum atomic E-state index is 4.46. The highest BCUT2D eigenvalue weighted by molar-refractivity contribution is 5.80. The lowest BCUT2D eigenvalue weighted by Crippen LogP contribution is -2.51. The molecule has 2 atom stereocenters. The van der Waals surface area contributed by atoms with Crippen molar-refractivity contribution in [3.05, 3.63) is 90.1 Å². The molecule has 1 fully saturated rings. The third kappa shape index (κ3) is 5.95. The Bertz CT molecular complexity index is 1000. The van der Waals surface area contributed by atoms with Crippen molar-refractivity contribution in [3.8, 4) is 11.3 Å². The molecule has 5 heteroatoms. The number of piperidine rings is 1. The van der Waals surface area contributed by atoms with Crippen LogP contribution in [0.15, 0.2) is 84.0 Å². The lowest BCUT2D eigenvalue weighted by atomic mass is 9.97. The van der Waals surface area contributed by atoms with Crippen LogP contribution in [0.2, 0.25) is 0 Å². The fourth-order valence-electron chi connectivity index (χ4n) is 4.35. The molecule has 0 radical (unpaired) electrons. The number of benzene rings is 2. The van der Waals surface area contributed by atoms with Crippen LogP contribution in [-0.2, 0) is 13.1 Å². The van der Waals surface area contributed by atoms with Crippen LogP contribution >= 0.6 is 0 Å². The van der Waals surface area contributed by atoms with E-state index in [0.29, 0.717) is 12.1 Å². The van der Waals surface area contributed by atoms with Crippen molar-refractivity contribution < 1.29 is 0 Å². The van der Waals surface area contributed by atoms with Crippen molar-refractivity contribution in [3.63, 3.8) is 0 Å². The van der Waals surface area contributed by atoms with Crippen LogP contribution in [-0.4, -0.2) is 41.5 Å². The Morgan fingerprint density at radius 2 is 1.84 bits per heavy atom. The highest BCUT2D eigenvalue weighted by Gasteiger charge is 2.25. The molecule has 0 saturated carbocycles. The number of pyridine rings is 1. The van der Waals surface area contributed by atoms with Gasteiger partial charge in [-0.3, -0.25) is 14.9 Å². The smallest absolute Gasteiger partial charge is 0.191 e. The molecule has 0 spiro atoms. The van der Waals surface area contributed by atoms with Crippen LogP contribution < -0.4 is 10.6 Å². The van der Waals surface area contributed by atoms with Gasteiger partial charge in [0.25, 0.3) is 0 Å². The van der Waals surface area contributed by atoms with Gasteiger partial charge in [-0.1, -0.05) is 54.6 Å². The fourth-order valence-corrected chi connectivity index (χ4v) is 4.35. The summed E-state index contributed by atoms with van der Waals surface area (Å²) in [6.45, 7) is 5.17. The standard InChI is InChI=1S/C27H33N5/c1-21-17-25(14-16-32(21)20-22-9-4-3-5-10-22)31-27(28-2)30-19-23-11-8-12-24(18-23)26-13-6-7-15-29-26/h3-13,15,18,21,25H,14,16-17,19-20H2,1-2H3,(H2,28,30,31). The molecule has 0 bridgehead atoms. The first kappa shape index (κ1) is 22.0. The van der Waals surface area contributed by atoms with E-state index in [1.807, 2.05) is 31.4 Å². The number of rotatable bonds is 6. The number of aliphatic imine (C=N–C) groups is 1. The Balaban J connectivity index is 1.28. The minimum atomic E-state index is 0.433. The third-order valence-corrected chi connectivity index (χ3v) is 6.15. The summed E-state index contributed by atoms with van der Waals surface area (Å²) < 4.78 is 0. The molecule has 0 aliphatic carbocycles. The number of hydrogen-bond acceptors (Lipinski definition) is 3. The number of nitrogens with one attached hydrogen (secondary N) is 2. The van der Waals surface area contributed by atoms with Gasteiger partial charge < -0.3 is 10.6 Å². The predicted octanol–water partition coefficient (Wildman–Crippen LogP) is 4.47. The Kier molecular flexibility index (Phi) is 7.51. The van der Waals surface area contributed by atoms with Crippen molar-refractivity contribution in [2.24, 2.45) is 4.99 Å². The first-order chi connectivity index (χ1) is 15.7.